The summed E-state index contributed by atoms with van der Waals surface area (Å²) < 4.78 is 28.6. The molecule has 3 aromatic rings. The molecule has 0 unspecified atom stereocenters. The molecule has 0 aliphatic rings. The van der Waals surface area contributed by atoms with Gasteiger partial charge in [-0.25, -0.2) is 8.42 Å². The minimum absolute atomic E-state index is 0.0000174. The lowest BCUT2D eigenvalue weighted by Crippen LogP contribution is -2.53. The molecule has 0 saturated heterocycles. The third-order valence-corrected chi connectivity index (χ3v) is 8.68. The first-order valence-electron chi connectivity index (χ1n) is 12.7. The summed E-state index contributed by atoms with van der Waals surface area (Å²) in [5.41, 5.74) is 0.915. The smallest absolute Gasteiger partial charge is 0.264 e. The largest absolute Gasteiger partial charge is 0.352 e. The summed E-state index contributed by atoms with van der Waals surface area (Å²) in [6.45, 7) is 5.23. The van der Waals surface area contributed by atoms with Gasteiger partial charge in [-0.15, -0.1) is 0 Å². The van der Waals surface area contributed by atoms with Gasteiger partial charge in [-0.2, -0.15) is 0 Å². The Labute approximate surface area is 240 Å². The van der Waals surface area contributed by atoms with Crippen molar-refractivity contribution < 1.29 is 18.0 Å². The Balaban J connectivity index is 2.07. The van der Waals surface area contributed by atoms with Crippen LogP contribution in [0.1, 0.15) is 39.2 Å². The number of carbonyl (C=O) groups excluding carboxylic acids is 2. The molecule has 0 aromatic heterocycles. The summed E-state index contributed by atoms with van der Waals surface area (Å²) in [4.78, 5) is 28.7. The molecular formula is C29H33Cl2N3O4S. The molecular weight excluding hydrogens is 557 g/mol. The van der Waals surface area contributed by atoms with E-state index in [0.717, 1.165) is 16.3 Å². The van der Waals surface area contributed by atoms with Crippen LogP contribution >= 0.6 is 23.2 Å². The number of anilines is 1. The number of sulfonamides is 1. The highest BCUT2D eigenvalue weighted by molar-refractivity contribution is 7.92. The van der Waals surface area contributed by atoms with E-state index in [0.29, 0.717) is 11.4 Å². The lowest BCUT2D eigenvalue weighted by atomic mass is 10.1. The molecule has 208 valence electrons. The molecule has 2 atom stereocenters. The molecule has 3 aromatic carbocycles. The predicted molar refractivity (Wildman–Crippen MR) is 156 cm³/mol. The molecule has 0 spiro atoms. The SMILES string of the molecule is CC[C@@H](C)NC(=O)[C@H](CC)N(Cc1ccccc1)C(=O)CN(c1ccc(Cl)cc1Cl)S(=O)(=O)c1ccccc1. The highest BCUT2D eigenvalue weighted by Gasteiger charge is 2.34. The second-order valence-electron chi connectivity index (χ2n) is 9.17. The minimum Gasteiger partial charge on any atom is -0.352 e. The number of hydrogen-bond donors (Lipinski definition) is 1. The van der Waals surface area contributed by atoms with Crippen LogP contribution in [0, 0.1) is 0 Å². The molecule has 7 nitrogen and oxygen atoms in total. The predicted octanol–water partition coefficient (Wildman–Crippen LogP) is 5.91. The van der Waals surface area contributed by atoms with E-state index >= 15 is 0 Å². The van der Waals surface area contributed by atoms with Crippen molar-refractivity contribution in [2.75, 3.05) is 10.8 Å². The molecule has 0 radical (unpaired) electrons. The maximum atomic E-state index is 14.0. The van der Waals surface area contributed by atoms with Crippen molar-refractivity contribution in [3.8, 4) is 0 Å². The highest BCUT2D eigenvalue weighted by atomic mass is 35.5. The number of hydrogen-bond acceptors (Lipinski definition) is 4. The van der Waals surface area contributed by atoms with Crippen molar-refractivity contribution in [3.05, 3.63) is 94.5 Å². The third kappa shape index (κ3) is 7.75. The first kappa shape index (κ1) is 30.5. The summed E-state index contributed by atoms with van der Waals surface area (Å²) in [5, 5.41) is 3.36. The maximum Gasteiger partial charge on any atom is 0.264 e. The number of nitrogens with zero attached hydrogens (tertiary/aromatic N) is 2. The van der Waals surface area contributed by atoms with Crippen molar-refractivity contribution in [1.29, 1.82) is 0 Å². The van der Waals surface area contributed by atoms with Gasteiger partial charge in [-0.05, 0) is 55.7 Å². The van der Waals surface area contributed by atoms with Gasteiger partial charge in [-0.3, -0.25) is 13.9 Å². The number of carbonyl (C=O) groups is 2. The summed E-state index contributed by atoms with van der Waals surface area (Å²) in [6, 6.07) is 20.6. The standard InChI is InChI=1S/C29H33Cl2N3O4S/c1-4-21(3)32-29(36)26(5-2)33(19-22-12-8-6-9-13-22)28(35)20-34(27-17-16-23(30)18-25(27)31)39(37,38)24-14-10-7-11-15-24/h6-18,21,26H,4-5,19-20H2,1-3H3,(H,32,36)/t21-,26+/m1/s1. The van der Waals surface area contributed by atoms with Crippen LogP contribution < -0.4 is 9.62 Å². The Morgan fingerprint density at radius 3 is 2.08 bits per heavy atom. The third-order valence-electron chi connectivity index (χ3n) is 6.37. The lowest BCUT2D eigenvalue weighted by molar-refractivity contribution is -0.140. The van der Waals surface area contributed by atoms with E-state index in [-0.39, 0.29) is 34.1 Å². The average molecular weight is 591 g/mol. The van der Waals surface area contributed by atoms with Crippen LogP contribution in [0.4, 0.5) is 5.69 Å². The second kappa shape index (κ2) is 13.8. The van der Waals surface area contributed by atoms with Gasteiger partial charge in [0, 0.05) is 17.6 Å². The van der Waals surface area contributed by atoms with Crippen LogP contribution in [0.15, 0.2) is 83.8 Å². The Morgan fingerprint density at radius 1 is 0.897 bits per heavy atom. The van der Waals surface area contributed by atoms with Gasteiger partial charge < -0.3 is 10.2 Å². The number of halogens is 2. The summed E-state index contributed by atoms with van der Waals surface area (Å²) in [5.74, 6) is -0.839. The molecule has 10 heteroatoms. The van der Waals surface area contributed by atoms with Crippen molar-refractivity contribution >= 4 is 50.7 Å². The monoisotopic (exact) mass is 589 g/mol. The van der Waals surface area contributed by atoms with Gasteiger partial charge in [0.05, 0.1) is 15.6 Å². The number of nitrogens with one attached hydrogen (secondary N) is 1. The molecule has 0 aliphatic heterocycles. The molecule has 2 amide bonds. The second-order valence-corrected chi connectivity index (χ2v) is 11.9. The zero-order chi connectivity index (χ0) is 28.6. The van der Waals surface area contributed by atoms with Crippen molar-refractivity contribution in [3.63, 3.8) is 0 Å². The van der Waals surface area contributed by atoms with E-state index in [4.69, 9.17) is 23.2 Å². The van der Waals surface area contributed by atoms with Crippen LogP contribution in [-0.2, 0) is 26.2 Å². The van der Waals surface area contributed by atoms with E-state index in [1.807, 2.05) is 51.1 Å². The Kier molecular flexibility index (Phi) is 10.8. The lowest BCUT2D eigenvalue weighted by Gasteiger charge is -2.34. The van der Waals surface area contributed by atoms with E-state index in [1.165, 1.54) is 35.2 Å². The van der Waals surface area contributed by atoms with E-state index < -0.39 is 28.5 Å². The van der Waals surface area contributed by atoms with Crippen LogP contribution in [0.2, 0.25) is 10.0 Å². The van der Waals surface area contributed by atoms with Gasteiger partial charge in [0.1, 0.15) is 12.6 Å². The van der Waals surface area contributed by atoms with Gasteiger partial charge in [0.25, 0.3) is 10.0 Å². The van der Waals surface area contributed by atoms with Crippen LogP contribution in [-0.4, -0.2) is 43.8 Å². The number of rotatable bonds is 12. The molecule has 0 fully saturated rings. The summed E-state index contributed by atoms with van der Waals surface area (Å²) in [7, 11) is -4.21. The van der Waals surface area contributed by atoms with Gasteiger partial charge in [0.15, 0.2) is 0 Å². The summed E-state index contributed by atoms with van der Waals surface area (Å²) >= 11 is 12.5. The van der Waals surface area contributed by atoms with E-state index in [9.17, 15) is 18.0 Å². The Morgan fingerprint density at radius 2 is 1.51 bits per heavy atom. The first-order chi connectivity index (χ1) is 18.6. The first-order valence-corrected chi connectivity index (χ1v) is 14.9. The molecule has 3 rings (SSSR count). The summed E-state index contributed by atoms with van der Waals surface area (Å²) in [6.07, 6.45) is 1.07. The van der Waals surface area contributed by atoms with Crippen LogP contribution in [0.5, 0.6) is 0 Å². The Bertz CT molecular complexity index is 1370. The van der Waals surface area contributed by atoms with Crippen molar-refractivity contribution in [2.45, 2.75) is 57.1 Å². The van der Waals surface area contributed by atoms with Crippen molar-refractivity contribution in [1.82, 2.24) is 10.2 Å². The quantitative estimate of drug-likeness (QED) is 0.284. The van der Waals surface area contributed by atoms with E-state index in [2.05, 4.69) is 5.32 Å². The molecule has 0 heterocycles. The highest BCUT2D eigenvalue weighted by Crippen LogP contribution is 2.33. The average Bonchev–Trinajstić information content (AvgIpc) is 2.92. The molecule has 39 heavy (non-hydrogen) atoms. The maximum absolute atomic E-state index is 14.0. The fourth-order valence-electron chi connectivity index (χ4n) is 4.06. The van der Waals surface area contributed by atoms with Gasteiger partial charge >= 0.3 is 0 Å². The zero-order valence-corrected chi connectivity index (χ0v) is 24.5. The Hall–Kier alpha value is -3.07. The van der Waals surface area contributed by atoms with Crippen LogP contribution in [0.25, 0.3) is 0 Å². The number of benzene rings is 3. The molecule has 0 bridgehead atoms. The van der Waals surface area contributed by atoms with Gasteiger partial charge in [-0.1, -0.05) is 85.6 Å². The molecule has 0 saturated carbocycles. The minimum atomic E-state index is -4.21. The van der Waals surface area contributed by atoms with Crippen molar-refractivity contribution in [2.24, 2.45) is 0 Å². The normalized spacial score (nSPS) is 12.8. The topological polar surface area (TPSA) is 86.8 Å². The van der Waals surface area contributed by atoms with E-state index in [1.54, 1.807) is 18.2 Å². The zero-order valence-electron chi connectivity index (χ0n) is 22.2. The fourth-order valence-corrected chi connectivity index (χ4v) is 6.07. The molecule has 0 aliphatic carbocycles. The molecule has 1 N–H and O–H groups in total. The fraction of sp³-hybridized carbons (Fsp3) is 0.310. The van der Waals surface area contributed by atoms with Gasteiger partial charge in [0.2, 0.25) is 11.8 Å². The van der Waals surface area contributed by atoms with Crippen LogP contribution in [0.3, 0.4) is 0 Å². The number of amides is 2.